The fourth-order valence-electron chi connectivity index (χ4n) is 2.69. The van der Waals surface area contributed by atoms with Gasteiger partial charge in [0.25, 0.3) is 0 Å². The van der Waals surface area contributed by atoms with Crippen molar-refractivity contribution in [1.29, 1.82) is 0 Å². The quantitative estimate of drug-likeness (QED) is 0.941. The lowest BCUT2D eigenvalue weighted by Gasteiger charge is -2.18. The zero-order valence-electron chi connectivity index (χ0n) is 13.0. The fourth-order valence-corrected chi connectivity index (χ4v) is 2.69. The van der Waals surface area contributed by atoms with Crippen LogP contribution in [0, 0.1) is 0 Å². The molecule has 0 unspecified atom stereocenters. The van der Waals surface area contributed by atoms with Gasteiger partial charge in [-0.2, -0.15) is 5.10 Å². The number of nitrogens with zero attached hydrogens (tertiary/aromatic N) is 2. The number of aromatic hydroxyl groups is 1. The molecule has 3 rings (SSSR count). The summed E-state index contributed by atoms with van der Waals surface area (Å²) < 4.78 is 10.6. The van der Waals surface area contributed by atoms with Gasteiger partial charge in [-0.05, 0) is 24.3 Å². The van der Waals surface area contributed by atoms with Crippen LogP contribution in [0.2, 0.25) is 0 Å². The lowest BCUT2D eigenvalue weighted by molar-refractivity contribution is -0.133. The molecule has 0 aliphatic carbocycles. The molecule has 1 N–H and O–H groups in total. The number of rotatable bonds is 4. The van der Waals surface area contributed by atoms with Gasteiger partial charge in [0.2, 0.25) is 5.91 Å². The van der Waals surface area contributed by atoms with Gasteiger partial charge < -0.3 is 14.3 Å². The largest absolute Gasteiger partial charge is 0.504 e. The van der Waals surface area contributed by atoms with E-state index in [-0.39, 0.29) is 17.7 Å². The van der Waals surface area contributed by atoms with E-state index in [0.29, 0.717) is 35.6 Å². The predicted molar refractivity (Wildman–Crippen MR) is 84.4 cm³/mol. The topological polar surface area (TPSA) is 75.3 Å². The van der Waals surface area contributed by atoms with Crippen LogP contribution in [0.1, 0.15) is 37.1 Å². The predicted octanol–water partition coefficient (Wildman–Crippen LogP) is 3.08. The molecule has 0 saturated heterocycles. The standard InChI is InChI=1S/C17H18N2O4/c1-3-16(20)19-13(14-8-5-9-23-14)10-12(18-19)11-6-4-7-15(22-2)17(11)21/h4-9,13,21H,3,10H2,1-2H3/t13-/m1/s1. The van der Waals surface area contributed by atoms with E-state index in [4.69, 9.17) is 9.15 Å². The SMILES string of the molecule is CCC(=O)N1N=C(c2cccc(OC)c2O)C[C@@H]1c1ccco1. The first-order valence-electron chi connectivity index (χ1n) is 7.45. The van der Waals surface area contributed by atoms with Crippen molar-refractivity contribution in [3.8, 4) is 11.5 Å². The number of ether oxygens (including phenoxy) is 1. The number of phenols is 1. The van der Waals surface area contributed by atoms with Gasteiger partial charge in [0.1, 0.15) is 11.8 Å². The van der Waals surface area contributed by atoms with Crippen LogP contribution in [0.4, 0.5) is 0 Å². The molecule has 1 amide bonds. The van der Waals surface area contributed by atoms with Crippen LogP contribution in [0.5, 0.6) is 11.5 Å². The summed E-state index contributed by atoms with van der Waals surface area (Å²) >= 11 is 0. The molecule has 1 aliphatic rings. The monoisotopic (exact) mass is 314 g/mol. The van der Waals surface area contributed by atoms with Crippen LogP contribution in [0.3, 0.4) is 0 Å². The molecular weight excluding hydrogens is 296 g/mol. The Bertz CT molecular complexity index is 737. The number of amides is 1. The smallest absolute Gasteiger partial charge is 0.243 e. The van der Waals surface area contributed by atoms with Crippen LogP contribution >= 0.6 is 0 Å². The Morgan fingerprint density at radius 3 is 2.91 bits per heavy atom. The van der Waals surface area contributed by atoms with Gasteiger partial charge in [0, 0.05) is 18.4 Å². The van der Waals surface area contributed by atoms with E-state index in [1.807, 2.05) is 6.07 Å². The minimum Gasteiger partial charge on any atom is -0.504 e. The molecule has 1 atom stereocenters. The first-order chi connectivity index (χ1) is 11.2. The second-order valence-electron chi connectivity index (χ2n) is 5.23. The minimum absolute atomic E-state index is 0.0257. The molecule has 6 heteroatoms. The van der Waals surface area contributed by atoms with Crippen LogP contribution in [0.25, 0.3) is 0 Å². The number of methoxy groups -OCH3 is 1. The lowest BCUT2D eigenvalue weighted by Crippen LogP contribution is -2.25. The highest BCUT2D eigenvalue weighted by molar-refractivity contribution is 6.05. The number of furan rings is 1. The third-order valence-corrected chi connectivity index (χ3v) is 3.87. The molecule has 0 spiro atoms. The fraction of sp³-hybridized carbons (Fsp3) is 0.294. The van der Waals surface area contributed by atoms with E-state index in [1.165, 1.54) is 12.1 Å². The van der Waals surface area contributed by atoms with Crippen molar-refractivity contribution in [1.82, 2.24) is 5.01 Å². The summed E-state index contributed by atoms with van der Waals surface area (Å²) in [4.78, 5) is 12.2. The number of phenolic OH excluding ortho intramolecular Hbond substituents is 1. The van der Waals surface area contributed by atoms with Gasteiger partial charge in [-0.1, -0.05) is 13.0 Å². The summed E-state index contributed by atoms with van der Waals surface area (Å²) in [6, 6.07) is 8.53. The maximum atomic E-state index is 12.2. The number of para-hydroxylation sites is 1. The summed E-state index contributed by atoms with van der Waals surface area (Å²) in [6.07, 6.45) is 2.39. The molecule has 2 heterocycles. The van der Waals surface area contributed by atoms with E-state index in [2.05, 4.69) is 5.10 Å². The van der Waals surface area contributed by atoms with Crippen LogP contribution < -0.4 is 4.74 Å². The van der Waals surface area contributed by atoms with E-state index >= 15 is 0 Å². The number of hydrogen-bond acceptors (Lipinski definition) is 5. The number of carbonyl (C=O) groups excluding carboxylic acids is 1. The van der Waals surface area contributed by atoms with Gasteiger partial charge in [-0.3, -0.25) is 4.79 Å². The average Bonchev–Trinajstić information content (AvgIpc) is 3.23. The molecule has 1 aliphatic heterocycles. The molecule has 0 radical (unpaired) electrons. The van der Waals surface area contributed by atoms with Gasteiger partial charge in [-0.15, -0.1) is 0 Å². The summed E-state index contributed by atoms with van der Waals surface area (Å²) in [7, 11) is 1.49. The molecule has 120 valence electrons. The zero-order chi connectivity index (χ0) is 16.4. The highest BCUT2D eigenvalue weighted by atomic mass is 16.5. The van der Waals surface area contributed by atoms with Crippen molar-refractivity contribution >= 4 is 11.6 Å². The third kappa shape index (κ3) is 2.67. The summed E-state index contributed by atoms with van der Waals surface area (Å²) in [5.41, 5.74) is 1.19. The summed E-state index contributed by atoms with van der Waals surface area (Å²) in [6.45, 7) is 1.79. The van der Waals surface area contributed by atoms with Crippen LogP contribution in [-0.4, -0.2) is 28.8 Å². The molecule has 1 aromatic heterocycles. The Morgan fingerprint density at radius 1 is 1.43 bits per heavy atom. The first kappa shape index (κ1) is 15.1. The van der Waals surface area contributed by atoms with Gasteiger partial charge in [0.15, 0.2) is 11.5 Å². The van der Waals surface area contributed by atoms with Gasteiger partial charge >= 0.3 is 0 Å². The number of hydrogen-bond donors (Lipinski definition) is 1. The first-order valence-corrected chi connectivity index (χ1v) is 7.45. The number of benzene rings is 1. The van der Waals surface area contributed by atoms with E-state index < -0.39 is 0 Å². The minimum atomic E-state index is -0.293. The highest BCUT2D eigenvalue weighted by Crippen LogP contribution is 2.37. The number of hydrazone groups is 1. The van der Waals surface area contributed by atoms with Crippen molar-refractivity contribution in [3.05, 3.63) is 47.9 Å². The van der Waals surface area contributed by atoms with Crippen molar-refractivity contribution in [2.75, 3.05) is 7.11 Å². The van der Waals surface area contributed by atoms with Crippen LogP contribution in [0.15, 0.2) is 46.1 Å². The molecular formula is C17H18N2O4. The van der Waals surface area contributed by atoms with Crippen molar-refractivity contribution in [2.45, 2.75) is 25.8 Å². The zero-order valence-corrected chi connectivity index (χ0v) is 13.0. The molecule has 0 fully saturated rings. The molecule has 23 heavy (non-hydrogen) atoms. The molecule has 1 aromatic carbocycles. The van der Waals surface area contributed by atoms with Gasteiger partial charge in [0.05, 0.1) is 19.1 Å². The Morgan fingerprint density at radius 2 is 2.26 bits per heavy atom. The van der Waals surface area contributed by atoms with Gasteiger partial charge in [-0.25, -0.2) is 5.01 Å². The number of carbonyl (C=O) groups is 1. The van der Waals surface area contributed by atoms with Crippen molar-refractivity contribution in [3.63, 3.8) is 0 Å². The highest BCUT2D eigenvalue weighted by Gasteiger charge is 2.35. The maximum absolute atomic E-state index is 12.2. The second kappa shape index (κ2) is 6.16. The lowest BCUT2D eigenvalue weighted by atomic mass is 10.0. The Balaban J connectivity index is 1.99. The molecule has 2 aromatic rings. The Labute approximate surface area is 134 Å². The average molecular weight is 314 g/mol. The summed E-state index contributed by atoms with van der Waals surface area (Å²) in [5, 5.41) is 16.2. The molecule has 0 bridgehead atoms. The van der Waals surface area contributed by atoms with Crippen molar-refractivity contribution < 1.29 is 19.1 Å². The van der Waals surface area contributed by atoms with Crippen LogP contribution in [-0.2, 0) is 4.79 Å². The van der Waals surface area contributed by atoms with Crippen molar-refractivity contribution in [2.24, 2.45) is 5.10 Å². The van der Waals surface area contributed by atoms with E-state index in [1.54, 1.807) is 37.5 Å². The molecule has 6 nitrogen and oxygen atoms in total. The second-order valence-corrected chi connectivity index (χ2v) is 5.23. The van der Waals surface area contributed by atoms with E-state index in [0.717, 1.165) is 0 Å². The molecule has 0 saturated carbocycles. The Kier molecular flexibility index (Phi) is 4.06. The Hall–Kier alpha value is -2.76. The third-order valence-electron chi connectivity index (χ3n) is 3.87. The normalized spacial score (nSPS) is 17.2. The maximum Gasteiger partial charge on any atom is 0.243 e. The summed E-state index contributed by atoms with van der Waals surface area (Å²) in [5.74, 6) is 0.981. The van der Waals surface area contributed by atoms with E-state index in [9.17, 15) is 9.90 Å².